The first kappa shape index (κ1) is 29.5. The average Bonchev–Trinajstić information content (AvgIpc) is 3.58. The third kappa shape index (κ3) is 5.95. The minimum absolute atomic E-state index is 0.160. The summed E-state index contributed by atoms with van der Waals surface area (Å²) in [6, 6.07) is 32.5. The molecule has 0 spiro atoms. The fourth-order valence-corrected chi connectivity index (χ4v) is 8.27. The maximum Gasteiger partial charge on any atom is 0.315 e. The van der Waals surface area contributed by atoms with E-state index in [0.29, 0.717) is 24.4 Å². The molecule has 2 aliphatic heterocycles. The zero-order chi connectivity index (χ0) is 29.8. The Hall–Kier alpha value is -3.62. The molecule has 2 amide bonds. The lowest BCUT2D eigenvalue weighted by Gasteiger charge is -2.38. The van der Waals surface area contributed by atoms with E-state index in [1.54, 1.807) is 11.1 Å². The predicted molar refractivity (Wildman–Crippen MR) is 172 cm³/mol. The number of carbonyl (C=O) groups excluding carboxylic acids is 1. The van der Waals surface area contributed by atoms with Crippen LogP contribution >= 0.6 is 0 Å². The summed E-state index contributed by atoms with van der Waals surface area (Å²) in [4.78, 5) is 16.3. The molecule has 43 heavy (non-hydrogen) atoms. The third-order valence-electron chi connectivity index (χ3n) is 10.4. The summed E-state index contributed by atoms with van der Waals surface area (Å²) in [6.07, 6.45) is 8.88. The number of rotatable bonds is 10. The van der Waals surface area contributed by atoms with Crippen LogP contribution in [0.25, 0.3) is 0 Å². The molecule has 224 valence electrons. The highest BCUT2D eigenvalue weighted by Gasteiger charge is 2.45. The van der Waals surface area contributed by atoms with Crippen LogP contribution in [-0.4, -0.2) is 29.6 Å². The van der Waals surface area contributed by atoms with Crippen LogP contribution in [0.5, 0.6) is 0 Å². The fraction of sp³-hybridized carbons (Fsp3) is 0.474. The highest BCUT2D eigenvalue weighted by Crippen LogP contribution is 2.53. The van der Waals surface area contributed by atoms with Crippen LogP contribution in [0.1, 0.15) is 99.6 Å². The molecule has 3 atom stereocenters. The van der Waals surface area contributed by atoms with E-state index in [1.165, 1.54) is 25.8 Å². The standard InChI is InChI=1S/C38H46N4O/c1-27(2)25-36(38(26-39,29-11-5-3-6-12-29)30-13-7-4-8-14-30)41-37(43)40-31-19-17-28(18-20-31)23-24-42-34-21-22-35(42)33-16-10-9-15-32(33)34/h3-16,27-28,31,34-36H,17-25H2,1-2H3,(H2,40,41,43)/t28?,31?,34?,35?,36-/m0/s1. The molecule has 1 saturated carbocycles. The maximum atomic E-state index is 13.6. The topological polar surface area (TPSA) is 68.2 Å². The van der Waals surface area contributed by atoms with E-state index in [0.717, 1.165) is 42.7 Å². The summed E-state index contributed by atoms with van der Waals surface area (Å²) in [7, 11) is 0. The van der Waals surface area contributed by atoms with E-state index in [-0.39, 0.29) is 18.1 Å². The number of amides is 2. The molecule has 2 fully saturated rings. The van der Waals surface area contributed by atoms with E-state index in [4.69, 9.17) is 0 Å². The summed E-state index contributed by atoms with van der Waals surface area (Å²) in [5.41, 5.74) is 3.95. The number of nitriles is 1. The molecule has 3 aromatic rings. The largest absolute Gasteiger partial charge is 0.335 e. The van der Waals surface area contributed by atoms with Crippen molar-refractivity contribution in [1.29, 1.82) is 5.26 Å². The number of hydrogen-bond acceptors (Lipinski definition) is 3. The monoisotopic (exact) mass is 574 g/mol. The Bertz CT molecular complexity index is 1340. The molecule has 3 aliphatic rings. The molecule has 0 aromatic heterocycles. The molecule has 0 radical (unpaired) electrons. The maximum absolute atomic E-state index is 13.6. The molecule has 3 aromatic carbocycles. The lowest BCUT2D eigenvalue weighted by Crippen LogP contribution is -2.55. The quantitative estimate of drug-likeness (QED) is 0.257. The van der Waals surface area contributed by atoms with Gasteiger partial charge >= 0.3 is 6.03 Å². The van der Waals surface area contributed by atoms with Crippen LogP contribution in [0, 0.1) is 23.2 Å². The summed E-state index contributed by atoms with van der Waals surface area (Å²) in [5, 5.41) is 17.4. The highest BCUT2D eigenvalue weighted by atomic mass is 16.2. The van der Waals surface area contributed by atoms with Crippen molar-refractivity contribution in [1.82, 2.24) is 15.5 Å². The van der Waals surface area contributed by atoms with E-state index in [2.05, 4.69) is 59.7 Å². The minimum Gasteiger partial charge on any atom is -0.335 e. The fourth-order valence-electron chi connectivity index (χ4n) is 8.27. The molecule has 2 N–H and O–H groups in total. The van der Waals surface area contributed by atoms with E-state index in [1.807, 2.05) is 60.7 Å². The lowest BCUT2D eigenvalue weighted by molar-refractivity contribution is 0.184. The minimum atomic E-state index is -0.990. The van der Waals surface area contributed by atoms with Crippen LogP contribution in [0.2, 0.25) is 0 Å². The summed E-state index contributed by atoms with van der Waals surface area (Å²) >= 11 is 0. The van der Waals surface area contributed by atoms with Gasteiger partial charge in [-0.05, 0) is 92.0 Å². The van der Waals surface area contributed by atoms with Crippen molar-refractivity contribution >= 4 is 6.03 Å². The number of nitrogens with zero attached hydrogens (tertiary/aromatic N) is 2. The van der Waals surface area contributed by atoms with E-state index in [9.17, 15) is 10.1 Å². The van der Waals surface area contributed by atoms with Crippen LogP contribution in [-0.2, 0) is 5.41 Å². The van der Waals surface area contributed by atoms with E-state index < -0.39 is 5.41 Å². The predicted octanol–water partition coefficient (Wildman–Crippen LogP) is 8.05. The molecule has 5 heteroatoms. The summed E-state index contributed by atoms with van der Waals surface area (Å²) in [6.45, 7) is 5.48. The zero-order valence-corrected chi connectivity index (χ0v) is 25.7. The van der Waals surface area contributed by atoms with Crippen molar-refractivity contribution in [3.63, 3.8) is 0 Å². The second kappa shape index (κ2) is 12.9. The van der Waals surface area contributed by atoms with Gasteiger partial charge in [-0.1, -0.05) is 98.8 Å². The first-order valence-corrected chi connectivity index (χ1v) is 16.4. The third-order valence-corrected chi connectivity index (χ3v) is 10.4. The summed E-state index contributed by atoms with van der Waals surface area (Å²) < 4.78 is 0. The number of carbonyl (C=O) groups is 1. The number of hydrogen-bond donors (Lipinski definition) is 2. The van der Waals surface area contributed by atoms with Crippen LogP contribution in [0.4, 0.5) is 4.79 Å². The molecule has 2 unspecified atom stereocenters. The van der Waals surface area contributed by atoms with Crippen molar-refractivity contribution < 1.29 is 4.79 Å². The zero-order valence-electron chi connectivity index (χ0n) is 25.7. The van der Waals surface area contributed by atoms with Gasteiger partial charge in [0.15, 0.2) is 0 Å². The van der Waals surface area contributed by atoms with Crippen molar-refractivity contribution in [3.8, 4) is 6.07 Å². The Morgan fingerprint density at radius 1 is 0.837 bits per heavy atom. The van der Waals surface area contributed by atoms with Gasteiger partial charge in [0.2, 0.25) is 0 Å². The SMILES string of the molecule is CC(C)C[C@H](NC(=O)NC1CCC(CCN2C3CCC2c2ccccc23)CC1)C(C#N)(c1ccccc1)c1ccccc1. The van der Waals surface area contributed by atoms with Gasteiger partial charge in [-0.3, -0.25) is 4.90 Å². The molecule has 2 heterocycles. The Balaban J connectivity index is 1.07. The lowest BCUT2D eigenvalue weighted by atomic mass is 9.68. The second-order valence-corrected chi connectivity index (χ2v) is 13.4. The molecule has 5 nitrogen and oxygen atoms in total. The van der Waals surface area contributed by atoms with Gasteiger partial charge in [-0.25, -0.2) is 4.79 Å². The highest BCUT2D eigenvalue weighted by molar-refractivity contribution is 5.75. The first-order valence-electron chi connectivity index (χ1n) is 16.4. The number of fused-ring (bicyclic) bond motifs is 5. The van der Waals surface area contributed by atoms with Crippen LogP contribution < -0.4 is 10.6 Å². The Morgan fingerprint density at radius 3 is 1.88 bits per heavy atom. The van der Waals surface area contributed by atoms with Crippen molar-refractivity contribution in [2.75, 3.05) is 6.54 Å². The van der Waals surface area contributed by atoms with Crippen molar-refractivity contribution in [3.05, 3.63) is 107 Å². The van der Waals surface area contributed by atoms with Crippen molar-refractivity contribution in [2.24, 2.45) is 11.8 Å². The second-order valence-electron chi connectivity index (χ2n) is 13.4. The Labute approximate surface area is 257 Å². The molecule has 2 bridgehead atoms. The number of urea groups is 1. The van der Waals surface area contributed by atoms with Gasteiger partial charge in [0.1, 0.15) is 5.41 Å². The average molecular weight is 575 g/mol. The molecule has 6 rings (SSSR count). The van der Waals surface area contributed by atoms with E-state index >= 15 is 0 Å². The van der Waals surface area contributed by atoms with Gasteiger partial charge < -0.3 is 10.6 Å². The van der Waals surface area contributed by atoms with Gasteiger partial charge in [-0.2, -0.15) is 5.26 Å². The molecular formula is C38H46N4O. The van der Waals surface area contributed by atoms with Gasteiger partial charge in [0.05, 0.1) is 12.1 Å². The number of benzene rings is 3. The summed E-state index contributed by atoms with van der Waals surface area (Å²) in [5.74, 6) is 1.03. The smallest absolute Gasteiger partial charge is 0.315 e. The van der Waals surface area contributed by atoms with Crippen LogP contribution in [0.3, 0.4) is 0 Å². The van der Waals surface area contributed by atoms with Gasteiger partial charge in [0.25, 0.3) is 0 Å². The molecular weight excluding hydrogens is 528 g/mol. The normalized spacial score (nSPS) is 23.9. The number of nitrogens with one attached hydrogen (secondary N) is 2. The van der Waals surface area contributed by atoms with Gasteiger partial charge in [0, 0.05) is 18.1 Å². The first-order chi connectivity index (χ1) is 21.0. The van der Waals surface area contributed by atoms with Gasteiger partial charge in [-0.15, -0.1) is 0 Å². The Kier molecular flexibility index (Phi) is 8.86. The molecule has 1 saturated heterocycles. The molecule has 1 aliphatic carbocycles. The Morgan fingerprint density at radius 2 is 1.37 bits per heavy atom. The van der Waals surface area contributed by atoms with Crippen molar-refractivity contribution in [2.45, 2.75) is 94.8 Å². The van der Waals surface area contributed by atoms with Crippen LogP contribution in [0.15, 0.2) is 84.9 Å².